The van der Waals surface area contributed by atoms with Crippen LogP contribution in [-0.4, -0.2) is 55.0 Å². The fourth-order valence-corrected chi connectivity index (χ4v) is 2.60. The molecule has 1 atom stereocenters. The molecule has 0 aromatic heterocycles. The number of nitrogens with one attached hydrogen (secondary N) is 2. The van der Waals surface area contributed by atoms with Crippen LogP contribution in [0.15, 0.2) is 18.2 Å². The van der Waals surface area contributed by atoms with Crippen LogP contribution in [0.2, 0.25) is 0 Å². The molecule has 0 bridgehead atoms. The first kappa shape index (κ1) is 21.9. The van der Waals surface area contributed by atoms with Crippen LogP contribution in [-0.2, 0) is 9.59 Å². The maximum absolute atomic E-state index is 13.2. The number of carbonyl (C=O) groups excluding carboxylic acids is 4. The van der Waals surface area contributed by atoms with Gasteiger partial charge in [-0.05, 0) is 26.3 Å². The molecule has 0 spiro atoms. The monoisotopic (exact) mass is 371 g/mol. The molecule has 1 aromatic rings. The Morgan fingerprint density at radius 1 is 1.33 bits per heavy atom. The number of rotatable bonds is 9. The molecule has 0 saturated carbocycles. The third-order valence-electron chi connectivity index (χ3n) is 4.14. The molecular formula is C20H25N3O4. The smallest absolute Gasteiger partial charge is 0.257 e. The Morgan fingerprint density at radius 2 is 2.00 bits per heavy atom. The first-order valence-corrected chi connectivity index (χ1v) is 8.49. The molecule has 2 N–H and O–H groups in total. The number of likely N-dealkylation sites (N-methyl/N-ethyl adjacent to an activating group) is 2. The van der Waals surface area contributed by atoms with Crippen LogP contribution in [0.3, 0.4) is 0 Å². The molecule has 0 fully saturated rings. The van der Waals surface area contributed by atoms with E-state index >= 15 is 0 Å². The highest BCUT2D eigenvalue weighted by Crippen LogP contribution is 2.25. The third-order valence-corrected chi connectivity index (χ3v) is 4.14. The number of hydrogen-bond donors (Lipinski definition) is 2. The molecule has 0 heterocycles. The third kappa shape index (κ3) is 5.42. The summed E-state index contributed by atoms with van der Waals surface area (Å²) in [6.07, 6.45) is 7.08. The predicted octanol–water partition coefficient (Wildman–Crippen LogP) is 1.49. The molecule has 1 unspecified atom stereocenters. The molecular weight excluding hydrogens is 346 g/mol. The van der Waals surface area contributed by atoms with E-state index in [1.807, 2.05) is 0 Å². The summed E-state index contributed by atoms with van der Waals surface area (Å²) in [5.41, 5.74) is -0.0631. The van der Waals surface area contributed by atoms with Crippen molar-refractivity contribution in [2.24, 2.45) is 0 Å². The summed E-state index contributed by atoms with van der Waals surface area (Å²) >= 11 is 0. The molecule has 0 saturated heterocycles. The molecule has 2 amide bonds. The number of anilines is 1. The molecule has 1 aromatic carbocycles. The fourth-order valence-electron chi connectivity index (χ4n) is 2.60. The van der Waals surface area contributed by atoms with Gasteiger partial charge in [-0.15, -0.1) is 6.42 Å². The summed E-state index contributed by atoms with van der Waals surface area (Å²) < 4.78 is 0. The standard InChI is InChI=1S/C20H25N3O4/c1-6-20(2,3)22-15-10-7-9-14(13-25)17(15)19(27)23(5)16(11-8-12-24)18(26)21-4/h1,7,9-10,12-13,16,22H,8,11H2,2-5H3,(H,21,26). The minimum Gasteiger partial charge on any atom is -0.369 e. The quantitative estimate of drug-likeness (QED) is 0.506. The summed E-state index contributed by atoms with van der Waals surface area (Å²) in [5, 5.41) is 5.56. The fraction of sp³-hybridized carbons (Fsp3) is 0.400. The summed E-state index contributed by atoms with van der Waals surface area (Å²) in [4.78, 5) is 48.8. The number of amides is 2. The maximum atomic E-state index is 13.2. The van der Waals surface area contributed by atoms with Crippen LogP contribution in [0, 0.1) is 12.3 Å². The average molecular weight is 371 g/mol. The summed E-state index contributed by atoms with van der Waals surface area (Å²) in [6, 6.07) is 3.95. The highest BCUT2D eigenvalue weighted by molar-refractivity contribution is 6.07. The number of aldehydes is 2. The van der Waals surface area contributed by atoms with Gasteiger partial charge in [-0.3, -0.25) is 14.4 Å². The van der Waals surface area contributed by atoms with Crippen LogP contribution >= 0.6 is 0 Å². The van der Waals surface area contributed by atoms with Crippen molar-refractivity contribution in [3.05, 3.63) is 29.3 Å². The van der Waals surface area contributed by atoms with Crippen molar-refractivity contribution in [2.75, 3.05) is 19.4 Å². The number of terminal acetylenes is 1. The zero-order chi connectivity index (χ0) is 20.6. The van der Waals surface area contributed by atoms with E-state index < -0.39 is 23.4 Å². The van der Waals surface area contributed by atoms with E-state index in [2.05, 4.69) is 16.6 Å². The summed E-state index contributed by atoms with van der Waals surface area (Å²) in [7, 11) is 2.92. The van der Waals surface area contributed by atoms with Gasteiger partial charge in [-0.1, -0.05) is 18.1 Å². The molecule has 0 radical (unpaired) electrons. The van der Waals surface area contributed by atoms with Crippen LogP contribution in [0.1, 0.15) is 47.4 Å². The molecule has 1 rings (SSSR count). The van der Waals surface area contributed by atoms with E-state index in [0.29, 0.717) is 18.3 Å². The maximum Gasteiger partial charge on any atom is 0.257 e. The van der Waals surface area contributed by atoms with Gasteiger partial charge < -0.3 is 20.3 Å². The van der Waals surface area contributed by atoms with Gasteiger partial charge in [0.2, 0.25) is 5.91 Å². The molecule has 7 heteroatoms. The second-order valence-corrected chi connectivity index (χ2v) is 6.57. The highest BCUT2D eigenvalue weighted by Gasteiger charge is 2.30. The van der Waals surface area contributed by atoms with Crippen molar-refractivity contribution >= 4 is 30.1 Å². The molecule has 0 aliphatic rings. The number of nitrogens with zero attached hydrogens (tertiary/aromatic N) is 1. The first-order chi connectivity index (χ1) is 12.7. The lowest BCUT2D eigenvalue weighted by Gasteiger charge is -2.29. The van der Waals surface area contributed by atoms with E-state index in [4.69, 9.17) is 6.42 Å². The second-order valence-electron chi connectivity index (χ2n) is 6.57. The minimum absolute atomic E-state index is 0.123. The van der Waals surface area contributed by atoms with Crippen molar-refractivity contribution < 1.29 is 19.2 Å². The van der Waals surface area contributed by atoms with E-state index in [0.717, 1.165) is 0 Å². The minimum atomic E-state index is -0.846. The molecule has 27 heavy (non-hydrogen) atoms. The Bertz CT molecular complexity index is 765. The summed E-state index contributed by atoms with van der Waals surface area (Å²) in [6.45, 7) is 3.52. The SMILES string of the molecule is C#CC(C)(C)Nc1cccc(C=O)c1C(=O)N(C)C(CCC=O)C(=O)NC. The molecule has 144 valence electrons. The van der Waals surface area contributed by atoms with E-state index in [1.165, 1.54) is 25.1 Å². The number of carbonyl (C=O) groups is 4. The van der Waals surface area contributed by atoms with Gasteiger partial charge >= 0.3 is 0 Å². The van der Waals surface area contributed by atoms with E-state index in [1.54, 1.807) is 26.0 Å². The number of hydrogen-bond acceptors (Lipinski definition) is 5. The van der Waals surface area contributed by atoms with Crippen LogP contribution in [0.4, 0.5) is 5.69 Å². The topological polar surface area (TPSA) is 95.6 Å². The Kier molecular flexibility index (Phi) is 7.73. The van der Waals surface area contributed by atoms with Gasteiger partial charge in [-0.2, -0.15) is 0 Å². The molecule has 0 aliphatic heterocycles. The Morgan fingerprint density at radius 3 is 2.52 bits per heavy atom. The van der Waals surface area contributed by atoms with Gasteiger partial charge in [-0.25, -0.2) is 0 Å². The second kappa shape index (κ2) is 9.53. The van der Waals surface area contributed by atoms with E-state index in [9.17, 15) is 19.2 Å². The highest BCUT2D eigenvalue weighted by atomic mass is 16.2. The first-order valence-electron chi connectivity index (χ1n) is 8.49. The molecule has 0 aliphatic carbocycles. The van der Waals surface area contributed by atoms with Crippen LogP contribution in [0.25, 0.3) is 0 Å². The lowest BCUT2D eigenvalue weighted by molar-refractivity contribution is -0.125. The van der Waals surface area contributed by atoms with Crippen LogP contribution in [0.5, 0.6) is 0 Å². The van der Waals surface area contributed by atoms with Crippen molar-refractivity contribution in [2.45, 2.75) is 38.3 Å². The van der Waals surface area contributed by atoms with Gasteiger partial charge in [0, 0.05) is 31.8 Å². The zero-order valence-electron chi connectivity index (χ0n) is 16.0. The zero-order valence-corrected chi connectivity index (χ0v) is 16.0. The Balaban J connectivity index is 3.38. The van der Waals surface area contributed by atoms with Crippen molar-refractivity contribution in [1.82, 2.24) is 10.2 Å². The van der Waals surface area contributed by atoms with Gasteiger partial charge in [0.1, 0.15) is 12.3 Å². The largest absolute Gasteiger partial charge is 0.369 e. The van der Waals surface area contributed by atoms with Crippen LogP contribution < -0.4 is 10.6 Å². The lowest BCUT2D eigenvalue weighted by atomic mass is 10.00. The lowest BCUT2D eigenvalue weighted by Crippen LogP contribution is -2.47. The van der Waals surface area contributed by atoms with Crippen molar-refractivity contribution in [3.63, 3.8) is 0 Å². The number of benzene rings is 1. The molecule has 7 nitrogen and oxygen atoms in total. The summed E-state index contributed by atoms with van der Waals surface area (Å²) in [5.74, 6) is 1.66. The Labute approximate surface area is 159 Å². The van der Waals surface area contributed by atoms with Crippen molar-refractivity contribution in [1.29, 1.82) is 0 Å². The normalized spacial score (nSPS) is 11.7. The van der Waals surface area contributed by atoms with Gasteiger partial charge in [0.05, 0.1) is 11.1 Å². The Hall–Kier alpha value is -3.14. The average Bonchev–Trinajstić information content (AvgIpc) is 2.66. The predicted molar refractivity (Wildman–Crippen MR) is 104 cm³/mol. The van der Waals surface area contributed by atoms with Gasteiger partial charge in [0.25, 0.3) is 5.91 Å². The van der Waals surface area contributed by atoms with Crippen molar-refractivity contribution in [3.8, 4) is 12.3 Å². The van der Waals surface area contributed by atoms with Gasteiger partial charge in [0.15, 0.2) is 6.29 Å². The van der Waals surface area contributed by atoms with E-state index in [-0.39, 0.29) is 24.0 Å².